The molecule has 1 unspecified atom stereocenters. The summed E-state index contributed by atoms with van der Waals surface area (Å²) < 4.78 is 4.99. The molecule has 0 aliphatic heterocycles. The molecule has 0 fully saturated rings. The van der Waals surface area contributed by atoms with Gasteiger partial charge in [0.05, 0.1) is 13.2 Å². The molecule has 0 amide bonds. The molecule has 1 aromatic rings. The highest BCUT2D eigenvalue weighted by Gasteiger charge is 2.16. The molecule has 0 aliphatic carbocycles. The summed E-state index contributed by atoms with van der Waals surface area (Å²) in [6.07, 6.45) is 1.47. The second-order valence-electron chi connectivity index (χ2n) is 4.24. The van der Waals surface area contributed by atoms with Crippen LogP contribution < -0.4 is 15.4 Å². The van der Waals surface area contributed by atoms with E-state index < -0.39 is 6.10 Å². The van der Waals surface area contributed by atoms with Gasteiger partial charge in [-0.15, -0.1) is 0 Å². The maximum atomic E-state index is 10.0. The van der Waals surface area contributed by atoms with Gasteiger partial charge in [0.2, 0.25) is 11.9 Å². The highest BCUT2D eigenvalue weighted by atomic mass is 16.5. The number of methoxy groups -OCH3 is 1. The molecule has 7 heteroatoms. The van der Waals surface area contributed by atoms with Gasteiger partial charge in [-0.3, -0.25) is 0 Å². The summed E-state index contributed by atoms with van der Waals surface area (Å²) in [5, 5.41) is 15.9. The van der Waals surface area contributed by atoms with Gasteiger partial charge in [0.15, 0.2) is 0 Å². The fourth-order valence-electron chi connectivity index (χ4n) is 1.83. The lowest BCUT2D eigenvalue weighted by Gasteiger charge is -2.20. The number of aliphatic hydroxyl groups is 1. The average Bonchev–Trinajstić information content (AvgIpc) is 2.45. The molecule has 0 spiro atoms. The molecule has 19 heavy (non-hydrogen) atoms. The van der Waals surface area contributed by atoms with Gasteiger partial charge >= 0.3 is 6.01 Å². The minimum absolute atomic E-state index is 0.235. The summed E-state index contributed by atoms with van der Waals surface area (Å²) in [4.78, 5) is 12.2. The minimum atomic E-state index is -0.421. The van der Waals surface area contributed by atoms with E-state index in [-0.39, 0.29) is 11.9 Å². The van der Waals surface area contributed by atoms with Crippen LogP contribution >= 0.6 is 0 Å². The van der Waals surface area contributed by atoms with Gasteiger partial charge in [0.25, 0.3) is 0 Å². The standard InChI is InChI=1S/C12H23N5O2/c1-5-8(6-2)9(18)7-14-11-15-10(13-3)16-12(17-11)19-4/h8-9,18H,5-7H2,1-4H3,(H2,13,14,15,16,17). The van der Waals surface area contributed by atoms with Crippen molar-refractivity contribution in [1.82, 2.24) is 15.0 Å². The molecular weight excluding hydrogens is 246 g/mol. The molecule has 1 atom stereocenters. The van der Waals surface area contributed by atoms with Gasteiger partial charge in [-0.2, -0.15) is 15.0 Å². The van der Waals surface area contributed by atoms with E-state index in [0.717, 1.165) is 12.8 Å². The van der Waals surface area contributed by atoms with Crippen LogP contribution in [-0.2, 0) is 0 Å². The van der Waals surface area contributed by atoms with Crippen LogP contribution in [0.15, 0.2) is 0 Å². The highest BCUT2D eigenvalue weighted by molar-refractivity contribution is 5.35. The number of anilines is 2. The fourth-order valence-corrected chi connectivity index (χ4v) is 1.83. The van der Waals surface area contributed by atoms with Crippen LogP contribution in [0.3, 0.4) is 0 Å². The van der Waals surface area contributed by atoms with Crippen LogP contribution in [-0.4, -0.2) is 46.9 Å². The van der Waals surface area contributed by atoms with Crippen molar-refractivity contribution in [3.05, 3.63) is 0 Å². The third-order valence-electron chi connectivity index (χ3n) is 3.08. The minimum Gasteiger partial charge on any atom is -0.467 e. The number of nitrogens with one attached hydrogen (secondary N) is 2. The Morgan fingerprint density at radius 3 is 2.32 bits per heavy atom. The molecular formula is C12H23N5O2. The fraction of sp³-hybridized carbons (Fsp3) is 0.750. The molecule has 0 saturated carbocycles. The first-order chi connectivity index (χ1) is 9.14. The Kier molecular flexibility index (Phi) is 6.27. The van der Waals surface area contributed by atoms with E-state index >= 15 is 0 Å². The first-order valence-electron chi connectivity index (χ1n) is 6.54. The summed E-state index contributed by atoms with van der Waals surface area (Å²) in [7, 11) is 3.22. The molecule has 7 nitrogen and oxygen atoms in total. The van der Waals surface area contributed by atoms with Crippen molar-refractivity contribution < 1.29 is 9.84 Å². The normalized spacial score (nSPS) is 12.3. The molecule has 108 valence electrons. The Bertz CT molecular complexity index is 362. The summed E-state index contributed by atoms with van der Waals surface area (Å²) in [6, 6.07) is 0.235. The molecule has 0 radical (unpaired) electrons. The number of nitrogens with zero attached hydrogens (tertiary/aromatic N) is 3. The van der Waals surface area contributed by atoms with Crippen molar-refractivity contribution in [3.8, 4) is 6.01 Å². The van der Waals surface area contributed by atoms with Crippen molar-refractivity contribution in [2.45, 2.75) is 32.8 Å². The highest BCUT2D eigenvalue weighted by Crippen LogP contribution is 2.14. The van der Waals surface area contributed by atoms with Gasteiger partial charge in [0.1, 0.15) is 0 Å². The lowest BCUT2D eigenvalue weighted by molar-refractivity contribution is 0.114. The van der Waals surface area contributed by atoms with Crippen LogP contribution in [0.25, 0.3) is 0 Å². The zero-order valence-electron chi connectivity index (χ0n) is 12.0. The number of rotatable bonds is 8. The third kappa shape index (κ3) is 4.51. The van der Waals surface area contributed by atoms with Gasteiger partial charge < -0.3 is 20.5 Å². The third-order valence-corrected chi connectivity index (χ3v) is 3.08. The number of aliphatic hydroxyl groups excluding tert-OH is 1. The average molecular weight is 269 g/mol. The predicted molar refractivity (Wildman–Crippen MR) is 74.5 cm³/mol. The Labute approximate surface area is 113 Å². The topological polar surface area (TPSA) is 92.2 Å². The SMILES string of the molecule is CCC(CC)C(O)CNc1nc(NC)nc(OC)n1. The molecule has 0 saturated heterocycles. The lowest BCUT2D eigenvalue weighted by Crippen LogP contribution is -2.28. The van der Waals surface area contributed by atoms with Crippen LogP contribution in [0, 0.1) is 5.92 Å². The summed E-state index contributed by atoms with van der Waals surface area (Å²) in [5.74, 6) is 1.09. The van der Waals surface area contributed by atoms with Crippen molar-refractivity contribution in [3.63, 3.8) is 0 Å². The Morgan fingerprint density at radius 2 is 1.79 bits per heavy atom. The number of hydrogen-bond donors (Lipinski definition) is 3. The first kappa shape index (κ1) is 15.4. The number of hydrogen-bond acceptors (Lipinski definition) is 7. The van der Waals surface area contributed by atoms with Crippen molar-refractivity contribution >= 4 is 11.9 Å². The van der Waals surface area contributed by atoms with Gasteiger partial charge in [-0.25, -0.2) is 0 Å². The quantitative estimate of drug-likeness (QED) is 0.651. The second kappa shape index (κ2) is 7.73. The summed E-state index contributed by atoms with van der Waals surface area (Å²) >= 11 is 0. The lowest BCUT2D eigenvalue weighted by atomic mass is 9.97. The zero-order valence-corrected chi connectivity index (χ0v) is 12.0. The smallest absolute Gasteiger partial charge is 0.322 e. The van der Waals surface area contributed by atoms with Crippen molar-refractivity contribution in [2.75, 3.05) is 31.3 Å². The van der Waals surface area contributed by atoms with E-state index in [1.54, 1.807) is 7.05 Å². The molecule has 0 bridgehead atoms. The Balaban J connectivity index is 2.66. The summed E-state index contributed by atoms with van der Waals surface area (Å²) in [5.41, 5.74) is 0. The van der Waals surface area contributed by atoms with E-state index in [2.05, 4.69) is 39.4 Å². The molecule has 0 aliphatic rings. The van der Waals surface area contributed by atoms with E-state index in [4.69, 9.17) is 4.74 Å². The zero-order chi connectivity index (χ0) is 14.3. The molecule has 1 heterocycles. The Hall–Kier alpha value is -1.63. The van der Waals surface area contributed by atoms with E-state index in [0.29, 0.717) is 18.4 Å². The molecule has 0 aromatic carbocycles. The molecule has 1 aromatic heterocycles. The van der Waals surface area contributed by atoms with E-state index in [1.807, 2.05) is 0 Å². The second-order valence-corrected chi connectivity index (χ2v) is 4.24. The van der Waals surface area contributed by atoms with E-state index in [1.165, 1.54) is 7.11 Å². The van der Waals surface area contributed by atoms with Gasteiger partial charge in [-0.05, 0) is 5.92 Å². The van der Waals surface area contributed by atoms with Crippen LogP contribution in [0.1, 0.15) is 26.7 Å². The Morgan fingerprint density at radius 1 is 1.16 bits per heavy atom. The maximum absolute atomic E-state index is 10.0. The largest absolute Gasteiger partial charge is 0.467 e. The van der Waals surface area contributed by atoms with Gasteiger partial charge in [-0.1, -0.05) is 26.7 Å². The van der Waals surface area contributed by atoms with E-state index in [9.17, 15) is 5.11 Å². The van der Waals surface area contributed by atoms with Crippen molar-refractivity contribution in [2.24, 2.45) is 5.92 Å². The molecule has 1 rings (SSSR count). The van der Waals surface area contributed by atoms with Gasteiger partial charge in [0, 0.05) is 13.6 Å². The molecule has 3 N–H and O–H groups in total. The van der Waals surface area contributed by atoms with Crippen molar-refractivity contribution in [1.29, 1.82) is 0 Å². The predicted octanol–water partition coefficient (Wildman–Crippen LogP) is 1.13. The van der Waals surface area contributed by atoms with Crippen LogP contribution in [0.5, 0.6) is 6.01 Å². The van der Waals surface area contributed by atoms with Crippen LogP contribution in [0.2, 0.25) is 0 Å². The number of aromatic nitrogens is 3. The first-order valence-corrected chi connectivity index (χ1v) is 6.54. The maximum Gasteiger partial charge on any atom is 0.322 e. The summed E-state index contributed by atoms with van der Waals surface area (Å²) in [6.45, 7) is 4.55. The van der Waals surface area contributed by atoms with Crippen LogP contribution in [0.4, 0.5) is 11.9 Å². The monoisotopic (exact) mass is 269 g/mol. The number of ether oxygens (including phenoxy) is 1.